The molecule has 1 aliphatic heterocycles. The quantitative estimate of drug-likeness (QED) is 0.652. The van der Waals surface area contributed by atoms with Gasteiger partial charge in [0.2, 0.25) is 5.91 Å². The molecule has 2 aromatic carbocycles. The van der Waals surface area contributed by atoms with E-state index in [-0.39, 0.29) is 25.8 Å². The first-order chi connectivity index (χ1) is 14.5. The molecule has 1 fully saturated rings. The number of benzene rings is 2. The highest BCUT2D eigenvalue weighted by atomic mass is 19.4. The van der Waals surface area contributed by atoms with E-state index in [0.717, 1.165) is 12.1 Å². The molecule has 2 unspecified atom stereocenters. The van der Waals surface area contributed by atoms with Crippen LogP contribution in [0.15, 0.2) is 48.5 Å². The number of carbonyl (C=O) groups is 2. The third kappa shape index (κ3) is 4.98. The Morgan fingerprint density at radius 2 is 1.90 bits per heavy atom. The second kappa shape index (κ2) is 8.56. The molecule has 0 saturated carbocycles. The lowest BCUT2D eigenvalue weighted by molar-refractivity contribution is -0.137. The van der Waals surface area contributed by atoms with Crippen LogP contribution in [-0.2, 0) is 21.3 Å². The van der Waals surface area contributed by atoms with Crippen molar-refractivity contribution in [2.24, 2.45) is 5.73 Å². The van der Waals surface area contributed by atoms with Gasteiger partial charge in [0.1, 0.15) is 11.4 Å². The number of primary amides is 1. The highest BCUT2D eigenvalue weighted by Crippen LogP contribution is 2.41. The van der Waals surface area contributed by atoms with Crippen molar-refractivity contribution in [3.05, 3.63) is 71.0 Å². The molecule has 0 aliphatic carbocycles. The molecule has 0 bridgehead atoms. The average Bonchev–Trinajstić information content (AvgIpc) is 2.72. The predicted octanol–water partition coefficient (Wildman–Crippen LogP) is 4.91. The fraction of sp³-hybridized carbons (Fsp3) is 0.364. The lowest BCUT2D eigenvalue weighted by atomic mass is 9.84. The van der Waals surface area contributed by atoms with E-state index in [2.05, 4.69) is 0 Å². The van der Waals surface area contributed by atoms with Crippen LogP contribution in [0.2, 0.25) is 0 Å². The zero-order chi connectivity index (χ0) is 22.8. The predicted molar refractivity (Wildman–Crippen MR) is 104 cm³/mol. The van der Waals surface area contributed by atoms with E-state index in [1.807, 2.05) is 0 Å². The maximum Gasteiger partial charge on any atom is 0.416 e. The molecule has 1 heterocycles. The van der Waals surface area contributed by atoms with Crippen LogP contribution in [0.3, 0.4) is 0 Å². The number of hydrogen-bond donors (Lipinski definition) is 1. The molecule has 5 nitrogen and oxygen atoms in total. The fourth-order valence-corrected chi connectivity index (χ4v) is 3.78. The SMILES string of the molecule is CC(c1cccc(C(F)(F)F)c1)N1CCC(CCC(N)=O)(c2ccc(F)cc2)OC1=O. The molecule has 2 amide bonds. The standard InChI is InChI=1S/C22H22F4N2O3/c1-14(15-3-2-4-17(13-15)22(24,25)26)28-12-11-21(31-20(28)30,10-9-19(27)29)16-5-7-18(23)8-6-16/h2-8,13-14H,9-12H2,1H3,(H2,27,29). The Bertz CT molecular complexity index is 962. The molecule has 2 N–H and O–H groups in total. The van der Waals surface area contributed by atoms with Crippen LogP contribution < -0.4 is 5.73 Å². The third-order valence-electron chi connectivity index (χ3n) is 5.58. The summed E-state index contributed by atoms with van der Waals surface area (Å²) < 4.78 is 58.3. The maximum atomic E-state index is 13.4. The Morgan fingerprint density at radius 1 is 1.23 bits per heavy atom. The first-order valence-electron chi connectivity index (χ1n) is 9.73. The van der Waals surface area contributed by atoms with Gasteiger partial charge in [0.25, 0.3) is 0 Å². The second-order valence-electron chi connectivity index (χ2n) is 7.58. The van der Waals surface area contributed by atoms with Crippen molar-refractivity contribution in [3.63, 3.8) is 0 Å². The molecular weight excluding hydrogens is 416 g/mol. The summed E-state index contributed by atoms with van der Waals surface area (Å²) in [5.41, 5.74) is 4.13. The van der Waals surface area contributed by atoms with Crippen LogP contribution in [0.25, 0.3) is 0 Å². The van der Waals surface area contributed by atoms with Gasteiger partial charge < -0.3 is 15.4 Å². The molecule has 2 atom stereocenters. The van der Waals surface area contributed by atoms with Gasteiger partial charge in [0.05, 0.1) is 11.6 Å². The maximum absolute atomic E-state index is 13.4. The molecule has 0 aromatic heterocycles. The minimum Gasteiger partial charge on any atom is -0.438 e. The molecule has 31 heavy (non-hydrogen) atoms. The Hall–Kier alpha value is -3.10. The number of amides is 2. The van der Waals surface area contributed by atoms with Gasteiger partial charge in [-0.1, -0.05) is 24.3 Å². The lowest BCUT2D eigenvalue weighted by Gasteiger charge is -2.43. The van der Waals surface area contributed by atoms with Gasteiger partial charge in [-0.05, 0) is 42.3 Å². The summed E-state index contributed by atoms with van der Waals surface area (Å²) in [5.74, 6) is -1.03. The highest BCUT2D eigenvalue weighted by molar-refractivity contribution is 5.74. The number of halogens is 4. The number of carbonyl (C=O) groups excluding carboxylic acids is 2. The monoisotopic (exact) mass is 438 g/mol. The van der Waals surface area contributed by atoms with Gasteiger partial charge in [-0.15, -0.1) is 0 Å². The Labute approximate surface area is 176 Å². The van der Waals surface area contributed by atoms with Crippen LogP contribution >= 0.6 is 0 Å². The summed E-state index contributed by atoms with van der Waals surface area (Å²) in [6.45, 7) is 1.79. The average molecular weight is 438 g/mol. The highest BCUT2D eigenvalue weighted by Gasteiger charge is 2.43. The van der Waals surface area contributed by atoms with Crippen molar-refractivity contribution < 1.29 is 31.9 Å². The van der Waals surface area contributed by atoms with Crippen molar-refractivity contribution >= 4 is 12.0 Å². The van der Waals surface area contributed by atoms with Gasteiger partial charge in [-0.3, -0.25) is 4.79 Å². The van der Waals surface area contributed by atoms with Crippen molar-refractivity contribution in [2.45, 2.75) is 44.0 Å². The number of hydrogen-bond acceptors (Lipinski definition) is 3. The molecule has 9 heteroatoms. The number of rotatable bonds is 6. The van der Waals surface area contributed by atoms with E-state index >= 15 is 0 Å². The number of ether oxygens (including phenoxy) is 1. The first kappa shape index (κ1) is 22.6. The van der Waals surface area contributed by atoms with Crippen molar-refractivity contribution in [1.29, 1.82) is 0 Å². The molecule has 2 aromatic rings. The van der Waals surface area contributed by atoms with E-state index in [0.29, 0.717) is 11.1 Å². The first-order valence-corrected chi connectivity index (χ1v) is 9.73. The van der Waals surface area contributed by atoms with Crippen molar-refractivity contribution in [2.75, 3.05) is 6.54 Å². The largest absolute Gasteiger partial charge is 0.438 e. The normalized spacial score (nSPS) is 20.3. The number of nitrogens with zero attached hydrogens (tertiary/aromatic N) is 1. The minimum absolute atomic E-state index is 0.0478. The van der Waals surface area contributed by atoms with E-state index in [1.165, 1.54) is 41.3 Å². The van der Waals surface area contributed by atoms with E-state index in [1.54, 1.807) is 6.92 Å². The molecular formula is C22H22F4N2O3. The van der Waals surface area contributed by atoms with Crippen molar-refractivity contribution in [1.82, 2.24) is 4.90 Å². The number of cyclic esters (lactones) is 1. The molecule has 1 aliphatic rings. The van der Waals surface area contributed by atoms with Crippen molar-refractivity contribution in [3.8, 4) is 0 Å². The second-order valence-corrected chi connectivity index (χ2v) is 7.58. The van der Waals surface area contributed by atoms with Gasteiger partial charge in [0, 0.05) is 25.8 Å². The van der Waals surface area contributed by atoms with Crippen LogP contribution in [0.5, 0.6) is 0 Å². The zero-order valence-corrected chi connectivity index (χ0v) is 16.8. The minimum atomic E-state index is -4.50. The van der Waals surface area contributed by atoms with Gasteiger partial charge in [-0.2, -0.15) is 13.2 Å². The summed E-state index contributed by atoms with van der Waals surface area (Å²) in [5, 5.41) is 0. The lowest BCUT2D eigenvalue weighted by Crippen LogP contribution is -2.49. The molecule has 0 spiro atoms. The smallest absolute Gasteiger partial charge is 0.416 e. The van der Waals surface area contributed by atoms with Gasteiger partial charge in [0.15, 0.2) is 0 Å². The van der Waals surface area contributed by atoms with Crippen LogP contribution in [0.1, 0.15) is 48.9 Å². The van der Waals surface area contributed by atoms with Crippen LogP contribution in [0, 0.1) is 5.82 Å². The Kier molecular flexibility index (Phi) is 6.24. The molecule has 1 saturated heterocycles. The Morgan fingerprint density at radius 3 is 2.48 bits per heavy atom. The van der Waals surface area contributed by atoms with Crippen LogP contribution in [0.4, 0.5) is 22.4 Å². The van der Waals surface area contributed by atoms with E-state index in [9.17, 15) is 27.2 Å². The summed E-state index contributed by atoms with van der Waals surface area (Å²) in [6, 6.07) is 9.53. The van der Waals surface area contributed by atoms with Gasteiger partial charge >= 0.3 is 12.3 Å². The van der Waals surface area contributed by atoms with E-state index in [4.69, 9.17) is 10.5 Å². The Balaban J connectivity index is 1.85. The summed E-state index contributed by atoms with van der Waals surface area (Å²) in [7, 11) is 0. The molecule has 0 radical (unpaired) electrons. The summed E-state index contributed by atoms with van der Waals surface area (Å²) >= 11 is 0. The zero-order valence-electron chi connectivity index (χ0n) is 16.8. The van der Waals surface area contributed by atoms with Crippen LogP contribution in [-0.4, -0.2) is 23.4 Å². The molecule has 166 valence electrons. The summed E-state index contributed by atoms with van der Waals surface area (Å²) in [4.78, 5) is 25.6. The van der Waals surface area contributed by atoms with E-state index < -0.39 is 41.2 Å². The molecule has 3 rings (SSSR count). The third-order valence-corrected chi connectivity index (χ3v) is 5.58. The summed E-state index contributed by atoms with van der Waals surface area (Å²) in [6.07, 6.45) is -4.89. The number of nitrogens with two attached hydrogens (primary N) is 1. The van der Waals surface area contributed by atoms with Gasteiger partial charge in [-0.25, -0.2) is 9.18 Å². The topological polar surface area (TPSA) is 72.6 Å². The fourth-order valence-electron chi connectivity index (χ4n) is 3.78. The number of alkyl halides is 3.